The van der Waals surface area contributed by atoms with E-state index in [9.17, 15) is 27.5 Å². The molecule has 0 spiro atoms. The van der Waals surface area contributed by atoms with Crippen molar-refractivity contribution in [2.24, 2.45) is 0 Å². The molecule has 1 aliphatic rings. The van der Waals surface area contributed by atoms with Crippen molar-refractivity contribution in [3.8, 4) is 0 Å². The molecule has 162 valence electrons. The minimum absolute atomic E-state index is 0.0877. The van der Waals surface area contributed by atoms with Gasteiger partial charge in [0, 0.05) is 11.3 Å². The summed E-state index contributed by atoms with van der Waals surface area (Å²) < 4.78 is 40.5. The number of sulfone groups is 1. The Kier molecular flexibility index (Phi) is 5.40. The number of hydrogen-bond acceptors (Lipinski definition) is 5. The minimum atomic E-state index is -4.27. The summed E-state index contributed by atoms with van der Waals surface area (Å²) in [4.78, 5) is 25.2. The normalized spacial score (nSPS) is 16.5. The number of carbonyl (C=O) groups excluding carboxylic acids is 2. The summed E-state index contributed by atoms with van der Waals surface area (Å²) >= 11 is 0. The Bertz CT molecular complexity index is 1330. The third-order valence-corrected chi connectivity index (χ3v) is 7.13. The molecule has 3 aromatic carbocycles. The molecule has 3 aromatic rings. The Morgan fingerprint density at radius 2 is 1.53 bits per heavy atom. The fraction of sp³-hybridized carbons (Fsp3) is 0.0833. The second-order valence-electron chi connectivity index (χ2n) is 7.26. The quantitative estimate of drug-likeness (QED) is 0.582. The number of carbonyl (C=O) groups is 2. The lowest BCUT2D eigenvalue weighted by molar-refractivity contribution is -0.117. The first-order valence-electron chi connectivity index (χ1n) is 9.65. The van der Waals surface area contributed by atoms with Gasteiger partial charge in [-0.3, -0.25) is 14.5 Å². The summed E-state index contributed by atoms with van der Waals surface area (Å²) in [7, 11) is -4.27. The maximum Gasteiger partial charge on any atom is 0.295 e. The molecule has 6 nitrogen and oxygen atoms in total. The lowest BCUT2D eigenvalue weighted by Crippen LogP contribution is -2.31. The predicted molar refractivity (Wildman–Crippen MR) is 116 cm³/mol. The summed E-state index contributed by atoms with van der Waals surface area (Å²) in [6, 6.07) is 17.3. The van der Waals surface area contributed by atoms with Crippen molar-refractivity contribution >= 4 is 27.2 Å². The summed E-state index contributed by atoms with van der Waals surface area (Å²) in [6.45, 7) is 1.40. The fourth-order valence-corrected chi connectivity index (χ4v) is 5.30. The van der Waals surface area contributed by atoms with Gasteiger partial charge in [0.25, 0.3) is 5.91 Å². The third-order valence-electron chi connectivity index (χ3n) is 5.24. The van der Waals surface area contributed by atoms with Crippen LogP contribution in [0.3, 0.4) is 0 Å². The van der Waals surface area contributed by atoms with Crippen molar-refractivity contribution in [3.63, 3.8) is 0 Å². The van der Waals surface area contributed by atoms with E-state index in [1.165, 1.54) is 67.6 Å². The zero-order valence-corrected chi connectivity index (χ0v) is 17.7. The summed E-state index contributed by atoms with van der Waals surface area (Å²) in [6.07, 6.45) is 0. The zero-order valence-electron chi connectivity index (χ0n) is 16.9. The van der Waals surface area contributed by atoms with Gasteiger partial charge in [0.1, 0.15) is 16.8 Å². The molecule has 0 radical (unpaired) electrons. The summed E-state index contributed by atoms with van der Waals surface area (Å²) in [5.74, 6) is -2.52. The molecule has 0 fully saturated rings. The number of benzene rings is 3. The average Bonchev–Trinajstić information content (AvgIpc) is 3.06. The van der Waals surface area contributed by atoms with Crippen LogP contribution in [0.4, 0.5) is 10.1 Å². The van der Waals surface area contributed by atoms with Gasteiger partial charge in [-0.25, -0.2) is 12.8 Å². The Hall–Kier alpha value is -3.78. The van der Waals surface area contributed by atoms with E-state index in [1.807, 2.05) is 0 Å². The van der Waals surface area contributed by atoms with Gasteiger partial charge in [-0.15, -0.1) is 0 Å². The van der Waals surface area contributed by atoms with E-state index < -0.39 is 38.3 Å². The van der Waals surface area contributed by atoms with Crippen LogP contribution in [0.15, 0.2) is 94.4 Å². The number of ketones is 1. The fourth-order valence-electron chi connectivity index (χ4n) is 3.65. The number of anilines is 1. The van der Waals surface area contributed by atoms with E-state index in [2.05, 4.69) is 0 Å². The van der Waals surface area contributed by atoms with Crippen LogP contribution >= 0.6 is 0 Å². The van der Waals surface area contributed by atoms with E-state index in [0.29, 0.717) is 11.1 Å². The number of nitrogens with zero attached hydrogens (tertiary/aromatic N) is 1. The average molecular weight is 451 g/mol. The van der Waals surface area contributed by atoms with E-state index in [1.54, 1.807) is 6.07 Å². The largest absolute Gasteiger partial charge is 0.502 e. The van der Waals surface area contributed by atoms with E-state index in [4.69, 9.17) is 0 Å². The van der Waals surface area contributed by atoms with Crippen molar-refractivity contribution in [3.05, 3.63) is 106 Å². The standard InChI is InChI=1S/C24H18FNO5S/c1-15(27)16-9-13-19(14-10-16)26-21(17-7-11-18(25)12-8-17)23(22(28)24(26)29)32(30,31)20-5-3-2-4-6-20/h2-14,21,28H,1H3/t21-/m1/s1. The highest BCUT2D eigenvalue weighted by atomic mass is 32.2. The molecular weight excluding hydrogens is 433 g/mol. The van der Waals surface area contributed by atoms with Gasteiger partial charge >= 0.3 is 0 Å². The first-order chi connectivity index (χ1) is 15.2. The maximum absolute atomic E-state index is 13.6. The highest BCUT2D eigenvalue weighted by molar-refractivity contribution is 7.95. The van der Waals surface area contributed by atoms with Gasteiger partial charge < -0.3 is 5.11 Å². The Morgan fingerprint density at radius 1 is 0.938 bits per heavy atom. The van der Waals surface area contributed by atoms with Gasteiger partial charge in [-0.2, -0.15) is 0 Å². The van der Waals surface area contributed by atoms with Gasteiger partial charge in [-0.05, 0) is 61.0 Å². The van der Waals surface area contributed by atoms with Crippen molar-refractivity contribution in [2.75, 3.05) is 4.90 Å². The van der Waals surface area contributed by atoms with E-state index >= 15 is 0 Å². The molecule has 32 heavy (non-hydrogen) atoms. The Labute approximate surface area is 184 Å². The monoisotopic (exact) mass is 451 g/mol. The molecule has 1 N–H and O–H groups in total. The molecule has 1 aliphatic heterocycles. The van der Waals surface area contributed by atoms with Gasteiger partial charge in [0.15, 0.2) is 11.5 Å². The lowest BCUT2D eigenvalue weighted by Gasteiger charge is -2.27. The van der Waals surface area contributed by atoms with Crippen LogP contribution in [-0.4, -0.2) is 25.2 Å². The van der Waals surface area contributed by atoms with Crippen LogP contribution in [0, 0.1) is 5.82 Å². The number of amides is 1. The minimum Gasteiger partial charge on any atom is -0.502 e. The summed E-state index contributed by atoms with van der Waals surface area (Å²) in [5, 5.41) is 10.7. The molecule has 0 aliphatic carbocycles. The van der Waals surface area contributed by atoms with Gasteiger partial charge in [0.05, 0.1) is 4.90 Å². The van der Waals surface area contributed by atoms with Crippen molar-refractivity contribution in [1.82, 2.24) is 0 Å². The number of aliphatic hydroxyl groups is 1. The molecule has 0 aromatic heterocycles. The topological polar surface area (TPSA) is 91.8 Å². The predicted octanol–water partition coefficient (Wildman–Crippen LogP) is 4.36. The molecule has 0 saturated carbocycles. The lowest BCUT2D eigenvalue weighted by atomic mass is 10.1. The number of halogens is 1. The van der Waals surface area contributed by atoms with Gasteiger partial charge in [-0.1, -0.05) is 30.3 Å². The Morgan fingerprint density at radius 3 is 2.09 bits per heavy atom. The van der Waals surface area contributed by atoms with Crippen molar-refractivity contribution in [2.45, 2.75) is 17.9 Å². The molecular formula is C24H18FNO5S. The van der Waals surface area contributed by atoms with Crippen molar-refractivity contribution < 1.29 is 27.5 Å². The highest BCUT2D eigenvalue weighted by Crippen LogP contribution is 2.44. The number of hydrogen-bond donors (Lipinski definition) is 1. The second-order valence-corrected chi connectivity index (χ2v) is 9.18. The number of aliphatic hydroxyl groups excluding tert-OH is 1. The first kappa shape index (κ1) is 21.5. The molecule has 1 atom stereocenters. The zero-order chi connectivity index (χ0) is 23.0. The number of rotatable bonds is 5. The molecule has 4 rings (SSSR count). The molecule has 1 heterocycles. The first-order valence-corrected chi connectivity index (χ1v) is 11.1. The van der Waals surface area contributed by atoms with Crippen LogP contribution in [0.2, 0.25) is 0 Å². The molecule has 8 heteroatoms. The molecule has 1 amide bonds. The molecule has 0 bridgehead atoms. The smallest absolute Gasteiger partial charge is 0.295 e. The van der Waals surface area contributed by atoms with Crippen LogP contribution in [0.5, 0.6) is 0 Å². The van der Waals surface area contributed by atoms with Crippen LogP contribution in [-0.2, 0) is 14.6 Å². The Balaban J connectivity index is 1.91. The second kappa shape index (κ2) is 8.05. The van der Waals surface area contributed by atoms with Crippen molar-refractivity contribution in [1.29, 1.82) is 0 Å². The van der Waals surface area contributed by atoms with Crippen LogP contribution in [0.1, 0.15) is 28.9 Å². The summed E-state index contributed by atoms with van der Waals surface area (Å²) in [5.41, 5.74) is 0.987. The highest BCUT2D eigenvalue weighted by Gasteiger charge is 2.47. The molecule has 0 unspecified atom stereocenters. The van der Waals surface area contributed by atoms with Crippen LogP contribution in [0.25, 0.3) is 0 Å². The van der Waals surface area contributed by atoms with E-state index in [0.717, 1.165) is 17.0 Å². The van der Waals surface area contributed by atoms with Crippen LogP contribution < -0.4 is 4.90 Å². The third kappa shape index (κ3) is 3.58. The maximum atomic E-state index is 13.6. The van der Waals surface area contributed by atoms with E-state index in [-0.39, 0.29) is 16.4 Å². The molecule has 0 saturated heterocycles. The SMILES string of the molecule is CC(=O)c1ccc(N2C(=O)C(O)=C(S(=O)(=O)c3ccccc3)[C@H]2c2ccc(F)cc2)cc1. The van der Waals surface area contributed by atoms with Gasteiger partial charge in [0.2, 0.25) is 9.84 Å². The number of Topliss-reactive ketones (excluding diaryl/α,β-unsaturated/α-hetero) is 1.